The molecule has 0 saturated carbocycles. The quantitative estimate of drug-likeness (QED) is 0.210. The van der Waals surface area contributed by atoms with Crippen LogP contribution in [0.15, 0.2) is 84.0 Å². The fraction of sp³-hybridized carbons (Fsp3) is 0.111. The summed E-state index contributed by atoms with van der Waals surface area (Å²) in [5.74, 6) is -0.630. The number of hydrogen-bond donors (Lipinski definition) is 3. The normalized spacial score (nSPS) is 12.0. The molecular weight excluding hydrogens is 570 g/mol. The van der Waals surface area contributed by atoms with E-state index in [1.165, 1.54) is 36.4 Å². The SMILES string of the molecule is CCC(OC(=O)c1ccc2nc(-c3cccnc3)[nH]c2c1)C(=O)Nc1ccc(S(=O)(=O)Nc2ccc(Cl)nn2)cc1. The molecule has 1 unspecified atom stereocenters. The number of esters is 1. The number of ether oxygens (including phenoxy) is 1. The Morgan fingerprint density at radius 2 is 1.85 bits per heavy atom. The number of H-pyrrole nitrogens is 1. The highest BCUT2D eigenvalue weighted by molar-refractivity contribution is 7.92. The highest BCUT2D eigenvalue weighted by Crippen LogP contribution is 2.22. The highest BCUT2D eigenvalue weighted by atomic mass is 35.5. The molecule has 5 aromatic rings. The number of aromatic nitrogens is 5. The molecule has 0 aliphatic carbocycles. The Hall–Kier alpha value is -4.88. The van der Waals surface area contributed by atoms with Gasteiger partial charge in [-0.1, -0.05) is 18.5 Å². The van der Waals surface area contributed by atoms with E-state index in [0.29, 0.717) is 22.5 Å². The first-order chi connectivity index (χ1) is 19.7. The third-order valence-corrected chi connectivity index (χ3v) is 7.44. The van der Waals surface area contributed by atoms with Gasteiger partial charge in [-0.25, -0.2) is 18.2 Å². The van der Waals surface area contributed by atoms with E-state index in [1.807, 2.05) is 6.07 Å². The van der Waals surface area contributed by atoms with Crippen LogP contribution in [0.25, 0.3) is 22.4 Å². The summed E-state index contributed by atoms with van der Waals surface area (Å²) in [7, 11) is -3.96. The van der Waals surface area contributed by atoms with Crippen molar-refractivity contribution in [1.82, 2.24) is 25.1 Å². The zero-order chi connectivity index (χ0) is 29.0. The maximum Gasteiger partial charge on any atom is 0.338 e. The Balaban J connectivity index is 1.23. The van der Waals surface area contributed by atoms with Crippen LogP contribution in [0.3, 0.4) is 0 Å². The summed E-state index contributed by atoms with van der Waals surface area (Å²) in [6.07, 6.45) is 2.47. The molecule has 1 atom stereocenters. The first kappa shape index (κ1) is 27.7. The molecule has 0 saturated heterocycles. The van der Waals surface area contributed by atoms with E-state index >= 15 is 0 Å². The van der Waals surface area contributed by atoms with Crippen molar-refractivity contribution in [2.24, 2.45) is 0 Å². The van der Waals surface area contributed by atoms with E-state index in [1.54, 1.807) is 43.6 Å². The van der Waals surface area contributed by atoms with E-state index in [4.69, 9.17) is 16.3 Å². The third kappa shape index (κ3) is 6.48. The molecule has 0 spiro atoms. The molecule has 41 heavy (non-hydrogen) atoms. The second kappa shape index (κ2) is 11.7. The van der Waals surface area contributed by atoms with Crippen LogP contribution in [0.2, 0.25) is 5.15 Å². The Morgan fingerprint density at radius 1 is 1.05 bits per heavy atom. The second-order valence-corrected chi connectivity index (χ2v) is 10.8. The number of carbonyl (C=O) groups excluding carboxylic acids is 2. The minimum Gasteiger partial charge on any atom is -0.449 e. The van der Waals surface area contributed by atoms with Crippen molar-refractivity contribution >= 4 is 56.0 Å². The van der Waals surface area contributed by atoms with Crippen molar-refractivity contribution in [1.29, 1.82) is 0 Å². The van der Waals surface area contributed by atoms with Gasteiger partial charge < -0.3 is 15.0 Å². The molecule has 3 heterocycles. The van der Waals surface area contributed by atoms with Gasteiger partial charge in [0.05, 0.1) is 21.5 Å². The lowest BCUT2D eigenvalue weighted by atomic mass is 10.2. The molecular formula is C27H22ClN7O5S. The molecule has 1 amide bonds. The van der Waals surface area contributed by atoms with Crippen LogP contribution in [0.1, 0.15) is 23.7 Å². The Morgan fingerprint density at radius 3 is 2.54 bits per heavy atom. The van der Waals surface area contributed by atoms with E-state index in [9.17, 15) is 18.0 Å². The van der Waals surface area contributed by atoms with Crippen LogP contribution in [0.5, 0.6) is 0 Å². The van der Waals surface area contributed by atoms with Crippen LogP contribution < -0.4 is 10.0 Å². The molecule has 0 radical (unpaired) electrons. The number of hydrogen-bond acceptors (Lipinski definition) is 9. The van der Waals surface area contributed by atoms with Gasteiger partial charge in [0.25, 0.3) is 15.9 Å². The fourth-order valence-corrected chi connectivity index (χ4v) is 4.90. The number of pyridine rings is 1. The lowest BCUT2D eigenvalue weighted by Crippen LogP contribution is -2.32. The van der Waals surface area contributed by atoms with Gasteiger partial charge in [0.1, 0.15) is 5.82 Å². The van der Waals surface area contributed by atoms with Crippen LogP contribution in [0, 0.1) is 0 Å². The average Bonchev–Trinajstić information content (AvgIpc) is 3.41. The number of anilines is 2. The molecule has 208 valence electrons. The van der Waals surface area contributed by atoms with Crippen molar-refractivity contribution in [3.8, 4) is 11.4 Å². The first-order valence-corrected chi connectivity index (χ1v) is 14.1. The van der Waals surface area contributed by atoms with Crippen LogP contribution in [-0.4, -0.2) is 51.5 Å². The molecule has 0 aliphatic heterocycles. The Kier molecular flexibility index (Phi) is 7.90. The molecule has 5 rings (SSSR count). The lowest BCUT2D eigenvalue weighted by molar-refractivity contribution is -0.124. The Bertz CT molecular complexity index is 1810. The summed E-state index contributed by atoms with van der Waals surface area (Å²) in [6, 6.07) is 16.8. The number of halogens is 1. The van der Waals surface area contributed by atoms with Crippen LogP contribution >= 0.6 is 11.6 Å². The van der Waals surface area contributed by atoms with Crippen molar-refractivity contribution in [3.05, 3.63) is 89.8 Å². The van der Waals surface area contributed by atoms with Crippen molar-refractivity contribution in [2.45, 2.75) is 24.3 Å². The number of nitrogens with zero attached hydrogens (tertiary/aromatic N) is 4. The highest BCUT2D eigenvalue weighted by Gasteiger charge is 2.23. The number of amides is 1. The average molecular weight is 592 g/mol. The molecule has 2 aromatic carbocycles. The second-order valence-electron chi connectivity index (χ2n) is 8.72. The summed E-state index contributed by atoms with van der Waals surface area (Å²) in [5, 5.41) is 10.0. The lowest BCUT2D eigenvalue weighted by Gasteiger charge is -2.16. The molecule has 3 N–H and O–H groups in total. The zero-order valence-electron chi connectivity index (χ0n) is 21.4. The van der Waals surface area contributed by atoms with Crippen molar-refractivity contribution < 1.29 is 22.7 Å². The molecule has 0 bridgehead atoms. The standard InChI is InChI=1S/C27H22ClN7O5S/c1-2-22(40-27(37)16-5-10-20-21(14-16)32-25(31-20)17-4-3-13-29-15-17)26(36)30-18-6-8-19(9-7-18)41(38,39)35-24-12-11-23(28)33-34-24/h3-15,22H,2H2,1H3,(H,30,36)(H,31,32)(H,34,35). The molecule has 14 heteroatoms. The van der Waals surface area contributed by atoms with E-state index in [2.05, 4.69) is 35.2 Å². The van der Waals surface area contributed by atoms with Gasteiger partial charge in [0.2, 0.25) is 0 Å². The summed E-state index contributed by atoms with van der Waals surface area (Å²) in [6.45, 7) is 1.71. The maximum absolute atomic E-state index is 12.9. The van der Waals surface area contributed by atoms with Gasteiger partial charge in [-0.3, -0.25) is 14.5 Å². The number of carbonyl (C=O) groups is 2. The van der Waals surface area contributed by atoms with Gasteiger partial charge in [0, 0.05) is 23.6 Å². The zero-order valence-corrected chi connectivity index (χ0v) is 23.0. The maximum atomic E-state index is 12.9. The first-order valence-electron chi connectivity index (χ1n) is 12.3. The molecule has 0 aliphatic rings. The summed E-state index contributed by atoms with van der Waals surface area (Å²) in [4.78, 5) is 37.4. The fourth-order valence-electron chi connectivity index (χ4n) is 3.80. The third-order valence-electron chi connectivity index (χ3n) is 5.87. The number of fused-ring (bicyclic) bond motifs is 1. The monoisotopic (exact) mass is 591 g/mol. The van der Waals surface area contributed by atoms with Crippen LogP contribution in [0.4, 0.5) is 11.5 Å². The number of nitrogens with one attached hydrogen (secondary N) is 3. The van der Waals surface area contributed by atoms with Crippen molar-refractivity contribution in [2.75, 3.05) is 10.0 Å². The van der Waals surface area contributed by atoms with Gasteiger partial charge in [0.15, 0.2) is 17.1 Å². The van der Waals surface area contributed by atoms with E-state index in [-0.39, 0.29) is 27.9 Å². The van der Waals surface area contributed by atoms with E-state index in [0.717, 1.165) is 5.56 Å². The van der Waals surface area contributed by atoms with E-state index < -0.39 is 28.0 Å². The van der Waals surface area contributed by atoms with Gasteiger partial charge >= 0.3 is 5.97 Å². The number of benzene rings is 2. The predicted octanol–water partition coefficient (Wildman–Crippen LogP) is 4.44. The Labute approximate surface area is 239 Å². The summed E-state index contributed by atoms with van der Waals surface area (Å²) < 4.78 is 33.0. The topological polar surface area (TPSA) is 169 Å². The predicted molar refractivity (Wildman–Crippen MR) is 152 cm³/mol. The number of sulfonamides is 1. The van der Waals surface area contributed by atoms with Crippen LogP contribution in [-0.2, 0) is 19.6 Å². The minimum atomic E-state index is -3.96. The summed E-state index contributed by atoms with van der Waals surface area (Å²) >= 11 is 5.67. The van der Waals surface area contributed by atoms with Crippen molar-refractivity contribution in [3.63, 3.8) is 0 Å². The molecule has 0 fully saturated rings. The number of aromatic amines is 1. The molecule has 3 aromatic heterocycles. The van der Waals surface area contributed by atoms with Gasteiger partial charge in [-0.2, -0.15) is 0 Å². The van der Waals surface area contributed by atoms with Gasteiger partial charge in [-0.05, 0) is 73.2 Å². The number of rotatable bonds is 9. The number of imidazole rings is 1. The largest absolute Gasteiger partial charge is 0.449 e. The summed E-state index contributed by atoms with van der Waals surface area (Å²) in [5.41, 5.74) is 2.65. The van der Waals surface area contributed by atoms with Gasteiger partial charge in [-0.15, -0.1) is 10.2 Å². The minimum absolute atomic E-state index is 0.00000366. The smallest absolute Gasteiger partial charge is 0.338 e. The molecule has 12 nitrogen and oxygen atoms in total.